The lowest BCUT2D eigenvalue weighted by Gasteiger charge is -2.45. The molecule has 0 aliphatic heterocycles. The van der Waals surface area contributed by atoms with Gasteiger partial charge in [-0.2, -0.15) is 13.2 Å². The molecule has 126 valence electrons. The number of alkyl halides is 3. The monoisotopic (exact) mass is 334 g/mol. The van der Waals surface area contributed by atoms with Crippen LogP contribution in [0.1, 0.15) is 29.5 Å². The topological polar surface area (TPSA) is 37.3 Å². The van der Waals surface area contributed by atoms with Gasteiger partial charge in [-0.25, -0.2) is 0 Å². The van der Waals surface area contributed by atoms with Crippen LogP contribution in [0, 0.1) is 5.92 Å². The second-order valence-corrected chi connectivity index (χ2v) is 6.43. The molecule has 5 heteroatoms. The molecule has 1 aliphatic rings. The highest BCUT2D eigenvalue weighted by atomic mass is 19.4. The first-order valence-electron chi connectivity index (χ1n) is 7.76. The Morgan fingerprint density at radius 1 is 1.04 bits per heavy atom. The Labute approximate surface area is 137 Å². The summed E-state index contributed by atoms with van der Waals surface area (Å²) in [5, 5.41) is 9.63. The van der Waals surface area contributed by atoms with E-state index in [1.54, 1.807) is 0 Å². The molecule has 0 radical (unpaired) electrons. The molecule has 0 unspecified atom stereocenters. The lowest BCUT2D eigenvalue weighted by molar-refractivity contribution is -0.149. The van der Waals surface area contributed by atoms with Crippen molar-refractivity contribution in [2.75, 3.05) is 0 Å². The summed E-state index contributed by atoms with van der Waals surface area (Å²) < 4.78 is 38.0. The molecular formula is C19H17F3O2. The summed E-state index contributed by atoms with van der Waals surface area (Å²) >= 11 is 0. The fraction of sp³-hybridized carbons (Fsp3) is 0.316. The zero-order valence-corrected chi connectivity index (χ0v) is 12.9. The van der Waals surface area contributed by atoms with Crippen molar-refractivity contribution in [2.24, 2.45) is 5.92 Å². The highest BCUT2D eigenvalue weighted by molar-refractivity contribution is 5.82. The maximum absolute atomic E-state index is 12.7. The van der Waals surface area contributed by atoms with Crippen molar-refractivity contribution >= 4 is 5.97 Å². The van der Waals surface area contributed by atoms with Crippen LogP contribution in [-0.2, 0) is 22.8 Å². The van der Waals surface area contributed by atoms with Crippen LogP contribution in [-0.4, -0.2) is 11.1 Å². The third kappa shape index (κ3) is 3.03. The number of hydrogen-bond donors (Lipinski definition) is 1. The number of hydrogen-bond acceptors (Lipinski definition) is 1. The van der Waals surface area contributed by atoms with E-state index in [0.717, 1.165) is 24.1 Å². The first-order chi connectivity index (χ1) is 11.3. The molecule has 1 N–H and O–H groups in total. The van der Waals surface area contributed by atoms with Crippen LogP contribution in [0.15, 0.2) is 54.6 Å². The SMILES string of the molecule is O=C(O)C1(c2ccc(C(F)(F)F)cc2)CC(Cc2ccccc2)C1. The maximum atomic E-state index is 12.7. The van der Waals surface area contributed by atoms with Crippen molar-refractivity contribution in [1.29, 1.82) is 0 Å². The number of benzene rings is 2. The van der Waals surface area contributed by atoms with E-state index in [2.05, 4.69) is 0 Å². The van der Waals surface area contributed by atoms with Crippen LogP contribution < -0.4 is 0 Å². The Morgan fingerprint density at radius 3 is 2.12 bits per heavy atom. The van der Waals surface area contributed by atoms with Crippen LogP contribution in [0.5, 0.6) is 0 Å². The van der Waals surface area contributed by atoms with Gasteiger partial charge < -0.3 is 5.11 Å². The summed E-state index contributed by atoms with van der Waals surface area (Å²) in [5.74, 6) is -0.739. The predicted molar refractivity (Wildman–Crippen MR) is 83.6 cm³/mol. The normalized spacial score (nSPS) is 23.5. The van der Waals surface area contributed by atoms with Gasteiger partial charge in [0, 0.05) is 0 Å². The summed E-state index contributed by atoms with van der Waals surface area (Å²) in [4.78, 5) is 11.8. The van der Waals surface area contributed by atoms with Crippen molar-refractivity contribution in [2.45, 2.75) is 30.9 Å². The van der Waals surface area contributed by atoms with Crippen LogP contribution in [0.3, 0.4) is 0 Å². The van der Waals surface area contributed by atoms with E-state index >= 15 is 0 Å². The molecule has 0 heterocycles. The van der Waals surface area contributed by atoms with Crippen LogP contribution >= 0.6 is 0 Å². The Bertz CT molecular complexity index is 715. The Morgan fingerprint density at radius 2 is 1.62 bits per heavy atom. The summed E-state index contributed by atoms with van der Waals surface area (Å²) in [5.41, 5.74) is -0.225. The van der Waals surface area contributed by atoms with Crippen molar-refractivity contribution in [1.82, 2.24) is 0 Å². The second-order valence-electron chi connectivity index (χ2n) is 6.43. The van der Waals surface area contributed by atoms with Crippen molar-refractivity contribution in [3.63, 3.8) is 0 Å². The Kier molecular flexibility index (Phi) is 4.11. The molecule has 2 aromatic rings. The molecule has 2 nitrogen and oxygen atoms in total. The first kappa shape index (κ1) is 16.6. The summed E-state index contributed by atoms with van der Waals surface area (Å²) in [6.07, 6.45) is -2.73. The average Bonchev–Trinajstić information content (AvgIpc) is 2.50. The molecule has 24 heavy (non-hydrogen) atoms. The van der Waals surface area contributed by atoms with E-state index in [1.165, 1.54) is 12.1 Å². The van der Waals surface area contributed by atoms with E-state index in [1.807, 2.05) is 30.3 Å². The van der Waals surface area contributed by atoms with Gasteiger partial charge in [0.2, 0.25) is 0 Å². The Hall–Kier alpha value is -2.30. The minimum atomic E-state index is -4.41. The zero-order chi connectivity index (χ0) is 17.4. The van der Waals surface area contributed by atoms with E-state index < -0.39 is 23.1 Å². The molecule has 1 aliphatic carbocycles. The van der Waals surface area contributed by atoms with Gasteiger partial charge in [-0.15, -0.1) is 0 Å². The van der Waals surface area contributed by atoms with Gasteiger partial charge in [-0.3, -0.25) is 4.79 Å². The number of carboxylic acid groups (broad SMARTS) is 1. The second kappa shape index (κ2) is 5.96. The average molecular weight is 334 g/mol. The number of carboxylic acids is 1. The molecule has 2 aromatic carbocycles. The lowest BCUT2D eigenvalue weighted by Crippen LogP contribution is -2.48. The fourth-order valence-electron chi connectivity index (χ4n) is 3.53. The number of halogens is 3. The summed E-state index contributed by atoms with van der Waals surface area (Å²) in [6, 6.07) is 14.3. The van der Waals surface area contributed by atoms with Crippen molar-refractivity contribution < 1.29 is 23.1 Å². The van der Waals surface area contributed by atoms with E-state index in [9.17, 15) is 23.1 Å². The van der Waals surface area contributed by atoms with Gasteiger partial charge in [0.1, 0.15) is 0 Å². The minimum Gasteiger partial charge on any atom is -0.481 e. The van der Waals surface area contributed by atoms with Crippen molar-refractivity contribution in [3.05, 3.63) is 71.3 Å². The van der Waals surface area contributed by atoms with Gasteiger partial charge >= 0.3 is 12.1 Å². The van der Waals surface area contributed by atoms with Gasteiger partial charge in [-0.1, -0.05) is 42.5 Å². The van der Waals surface area contributed by atoms with E-state index in [0.29, 0.717) is 18.4 Å². The van der Waals surface area contributed by atoms with E-state index in [4.69, 9.17) is 0 Å². The molecule has 3 rings (SSSR count). The van der Waals surface area contributed by atoms with Gasteiger partial charge in [0.15, 0.2) is 0 Å². The smallest absolute Gasteiger partial charge is 0.416 e. The molecule has 0 saturated heterocycles. The third-order valence-corrected chi connectivity index (χ3v) is 4.82. The van der Waals surface area contributed by atoms with Gasteiger partial charge in [0.05, 0.1) is 11.0 Å². The van der Waals surface area contributed by atoms with Gasteiger partial charge in [-0.05, 0) is 48.4 Å². The van der Waals surface area contributed by atoms with Crippen molar-refractivity contribution in [3.8, 4) is 0 Å². The largest absolute Gasteiger partial charge is 0.481 e. The molecule has 0 aromatic heterocycles. The van der Waals surface area contributed by atoms with E-state index in [-0.39, 0.29) is 5.92 Å². The van der Waals surface area contributed by atoms with Gasteiger partial charge in [0.25, 0.3) is 0 Å². The summed E-state index contributed by atoms with van der Waals surface area (Å²) in [6.45, 7) is 0. The highest BCUT2D eigenvalue weighted by Crippen LogP contribution is 2.49. The molecule has 0 spiro atoms. The number of carbonyl (C=O) groups is 1. The summed E-state index contributed by atoms with van der Waals surface area (Å²) in [7, 11) is 0. The Balaban J connectivity index is 1.76. The molecule has 1 saturated carbocycles. The maximum Gasteiger partial charge on any atom is 0.416 e. The third-order valence-electron chi connectivity index (χ3n) is 4.82. The standard InChI is InChI=1S/C19H17F3O2/c20-19(21,22)16-8-6-15(7-9-16)18(17(23)24)11-14(12-18)10-13-4-2-1-3-5-13/h1-9,14H,10-12H2,(H,23,24). The quantitative estimate of drug-likeness (QED) is 0.881. The molecular weight excluding hydrogens is 317 g/mol. The molecule has 1 fully saturated rings. The molecule has 0 atom stereocenters. The number of aliphatic carboxylic acids is 1. The minimum absolute atomic E-state index is 0.228. The fourth-order valence-corrected chi connectivity index (χ4v) is 3.53. The highest BCUT2D eigenvalue weighted by Gasteiger charge is 2.51. The van der Waals surface area contributed by atoms with Crippen LogP contribution in [0.25, 0.3) is 0 Å². The van der Waals surface area contributed by atoms with Crippen LogP contribution in [0.2, 0.25) is 0 Å². The predicted octanol–water partition coefficient (Wildman–Crippen LogP) is 4.68. The zero-order valence-electron chi connectivity index (χ0n) is 12.9. The van der Waals surface area contributed by atoms with Crippen LogP contribution in [0.4, 0.5) is 13.2 Å². The number of rotatable bonds is 4. The first-order valence-corrected chi connectivity index (χ1v) is 7.76. The lowest BCUT2D eigenvalue weighted by atomic mass is 9.57. The molecule has 0 bridgehead atoms. The molecule has 0 amide bonds.